The van der Waals surface area contributed by atoms with Gasteiger partial charge in [0.05, 0.1) is 5.52 Å². The predicted molar refractivity (Wildman–Crippen MR) is 67.9 cm³/mol. The van der Waals surface area contributed by atoms with Crippen LogP contribution in [0.15, 0.2) is 21.4 Å². The Kier molecular flexibility index (Phi) is 3.49. The lowest BCUT2D eigenvalue weighted by Gasteiger charge is -2.08. The van der Waals surface area contributed by atoms with E-state index in [2.05, 4.69) is 4.98 Å². The average Bonchev–Trinajstić information content (AvgIpc) is 2.72. The third-order valence-electron chi connectivity index (χ3n) is 2.10. The Labute approximate surface area is 105 Å². The molecule has 17 heavy (non-hydrogen) atoms. The summed E-state index contributed by atoms with van der Waals surface area (Å²) in [5, 5.41) is 11.1. The van der Waals surface area contributed by atoms with Gasteiger partial charge in [0.1, 0.15) is 11.2 Å². The highest BCUT2D eigenvalue weighted by Gasteiger charge is 2.14. The Bertz CT molecular complexity index is 618. The van der Waals surface area contributed by atoms with E-state index in [4.69, 9.17) is 5.11 Å². The Hall–Kier alpha value is -1.34. The maximum absolute atomic E-state index is 12.1. The molecular formula is C10H10N2O3S2. The molecule has 2 aromatic rings. The van der Waals surface area contributed by atoms with Crippen LogP contribution in [0.4, 0.5) is 0 Å². The lowest BCUT2D eigenvalue weighted by atomic mass is 10.4. The predicted octanol–water partition coefficient (Wildman–Crippen LogP) is 1.65. The molecule has 0 saturated heterocycles. The number of carboxylic acid groups (broad SMARTS) is 1. The normalized spacial score (nSPS) is 10.9. The Morgan fingerprint density at radius 1 is 1.65 bits per heavy atom. The number of aromatic nitrogens is 2. The fourth-order valence-corrected chi connectivity index (χ4v) is 2.94. The monoisotopic (exact) mass is 270 g/mol. The minimum Gasteiger partial charge on any atom is -0.480 e. The van der Waals surface area contributed by atoms with E-state index in [1.807, 2.05) is 6.92 Å². The summed E-state index contributed by atoms with van der Waals surface area (Å²) >= 11 is 2.65. The van der Waals surface area contributed by atoms with Crippen molar-refractivity contribution in [3.05, 3.63) is 21.8 Å². The van der Waals surface area contributed by atoms with Crippen LogP contribution in [-0.4, -0.2) is 26.4 Å². The molecule has 0 fully saturated rings. The van der Waals surface area contributed by atoms with Gasteiger partial charge in [-0.2, -0.15) is 0 Å². The van der Waals surface area contributed by atoms with Gasteiger partial charge in [-0.05, 0) is 17.2 Å². The molecule has 2 rings (SSSR count). The van der Waals surface area contributed by atoms with Crippen molar-refractivity contribution in [1.29, 1.82) is 0 Å². The Morgan fingerprint density at radius 3 is 3.06 bits per heavy atom. The summed E-state index contributed by atoms with van der Waals surface area (Å²) in [5.74, 6) is -0.301. The van der Waals surface area contributed by atoms with Gasteiger partial charge in [0.2, 0.25) is 0 Å². The van der Waals surface area contributed by atoms with E-state index in [1.165, 1.54) is 27.7 Å². The molecule has 0 amide bonds. The van der Waals surface area contributed by atoms with Crippen LogP contribution >= 0.6 is 23.1 Å². The van der Waals surface area contributed by atoms with Crippen LogP contribution in [0.1, 0.15) is 6.92 Å². The molecule has 0 aliphatic rings. The second kappa shape index (κ2) is 4.89. The first kappa shape index (κ1) is 12.1. The van der Waals surface area contributed by atoms with Gasteiger partial charge in [-0.3, -0.25) is 14.2 Å². The van der Waals surface area contributed by atoms with Crippen molar-refractivity contribution in [3.8, 4) is 0 Å². The SMILES string of the molecule is CCSc1nc2ccsc2c(=O)n1CC(=O)O. The van der Waals surface area contributed by atoms with Crippen molar-refractivity contribution in [1.82, 2.24) is 9.55 Å². The molecule has 0 radical (unpaired) electrons. The zero-order chi connectivity index (χ0) is 12.4. The van der Waals surface area contributed by atoms with E-state index < -0.39 is 5.97 Å². The summed E-state index contributed by atoms with van der Waals surface area (Å²) in [4.78, 5) is 27.1. The number of rotatable bonds is 4. The van der Waals surface area contributed by atoms with Gasteiger partial charge in [-0.25, -0.2) is 4.98 Å². The van der Waals surface area contributed by atoms with Gasteiger partial charge in [0.15, 0.2) is 5.16 Å². The summed E-state index contributed by atoms with van der Waals surface area (Å²) in [7, 11) is 0. The number of hydrogen-bond donors (Lipinski definition) is 1. The molecule has 0 atom stereocenters. The highest BCUT2D eigenvalue weighted by molar-refractivity contribution is 7.99. The number of carbonyl (C=O) groups is 1. The summed E-state index contributed by atoms with van der Waals surface area (Å²) < 4.78 is 1.72. The van der Waals surface area contributed by atoms with Gasteiger partial charge >= 0.3 is 5.97 Å². The third kappa shape index (κ3) is 2.34. The number of nitrogens with zero attached hydrogens (tertiary/aromatic N) is 2. The van der Waals surface area contributed by atoms with Gasteiger partial charge in [-0.1, -0.05) is 18.7 Å². The molecule has 0 aliphatic carbocycles. The fraction of sp³-hybridized carbons (Fsp3) is 0.300. The number of thioether (sulfide) groups is 1. The molecule has 7 heteroatoms. The van der Waals surface area contributed by atoms with Crippen LogP contribution in [0.5, 0.6) is 0 Å². The standard InChI is InChI=1S/C10H10N2O3S2/c1-2-16-10-11-6-3-4-17-8(6)9(15)12(10)5-7(13)14/h3-4H,2,5H2,1H3,(H,13,14). The first-order valence-electron chi connectivity index (χ1n) is 4.96. The lowest BCUT2D eigenvalue weighted by Crippen LogP contribution is -2.26. The van der Waals surface area contributed by atoms with Crippen molar-refractivity contribution >= 4 is 39.3 Å². The van der Waals surface area contributed by atoms with Crippen molar-refractivity contribution in [3.63, 3.8) is 0 Å². The fourth-order valence-electron chi connectivity index (χ4n) is 1.44. The molecule has 0 aromatic carbocycles. The largest absolute Gasteiger partial charge is 0.480 e. The minimum absolute atomic E-state index is 0.275. The molecule has 0 unspecified atom stereocenters. The number of carboxylic acids is 1. The Balaban J connectivity index is 2.66. The molecule has 0 saturated carbocycles. The zero-order valence-electron chi connectivity index (χ0n) is 9.04. The second-order valence-electron chi connectivity index (χ2n) is 3.25. The molecule has 90 valence electrons. The van der Waals surface area contributed by atoms with Crippen LogP contribution in [0.3, 0.4) is 0 Å². The summed E-state index contributed by atoms with van der Waals surface area (Å²) in [6.07, 6.45) is 0. The van der Waals surface area contributed by atoms with Crippen molar-refractivity contribution in [2.75, 3.05) is 5.75 Å². The maximum Gasteiger partial charge on any atom is 0.323 e. The summed E-state index contributed by atoms with van der Waals surface area (Å²) in [6, 6.07) is 1.77. The van der Waals surface area contributed by atoms with Crippen molar-refractivity contribution in [2.45, 2.75) is 18.6 Å². The van der Waals surface area contributed by atoms with Crippen molar-refractivity contribution < 1.29 is 9.90 Å². The van der Waals surface area contributed by atoms with E-state index in [0.717, 1.165) is 5.75 Å². The molecule has 2 aromatic heterocycles. The lowest BCUT2D eigenvalue weighted by molar-refractivity contribution is -0.137. The van der Waals surface area contributed by atoms with E-state index >= 15 is 0 Å². The highest BCUT2D eigenvalue weighted by Crippen LogP contribution is 2.20. The smallest absolute Gasteiger partial charge is 0.323 e. The molecular weight excluding hydrogens is 260 g/mol. The topological polar surface area (TPSA) is 72.2 Å². The average molecular weight is 270 g/mol. The number of thiophene rings is 1. The van der Waals surface area contributed by atoms with Gasteiger partial charge in [-0.15, -0.1) is 11.3 Å². The first-order valence-corrected chi connectivity index (χ1v) is 6.82. The van der Waals surface area contributed by atoms with E-state index in [9.17, 15) is 9.59 Å². The van der Waals surface area contributed by atoms with Crippen LogP contribution < -0.4 is 5.56 Å². The number of hydrogen-bond acceptors (Lipinski definition) is 5. The quantitative estimate of drug-likeness (QED) is 0.675. The number of fused-ring (bicyclic) bond motifs is 1. The van der Waals surface area contributed by atoms with Gasteiger partial charge in [0, 0.05) is 0 Å². The minimum atomic E-state index is -1.04. The third-order valence-corrected chi connectivity index (χ3v) is 3.85. The van der Waals surface area contributed by atoms with Crippen LogP contribution in [0, 0.1) is 0 Å². The van der Waals surface area contributed by atoms with Crippen LogP contribution in [0.2, 0.25) is 0 Å². The van der Waals surface area contributed by atoms with Crippen LogP contribution in [-0.2, 0) is 11.3 Å². The molecule has 1 N–H and O–H groups in total. The second-order valence-corrected chi connectivity index (χ2v) is 5.39. The molecule has 0 bridgehead atoms. The van der Waals surface area contributed by atoms with Gasteiger partial charge in [0.25, 0.3) is 5.56 Å². The highest BCUT2D eigenvalue weighted by atomic mass is 32.2. The summed E-state index contributed by atoms with van der Waals surface area (Å²) in [5.41, 5.74) is 0.362. The Morgan fingerprint density at radius 2 is 2.41 bits per heavy atom. The molecule has 5 nitrogen and oxygen atoms in total. The van der Waals surface area contributed by atoms with Crippen molar-refractivity contribution in [2.24, 2.45) is 0 Å². The first-order chi connectivity index (χ1) is 8.13. The zero-order valence-corrected chi connectivity index (χ0v) is 10.7. The molecule has 2 heterocycles. The van der Waals surface area contributed by atoms with Gasteiger partial charge < -0.3 is 5.11 Å². The molecule has 0 aliphatic heterocycles. The van der Waals surface area contributed by atoms with E-state index in [0.29, 0.717) is 15.4 Å². The van der Waals surface area contributed by atoms with E-state index in [1.54, 1.807) is 11.4 Å². The summed E-state index contributed by atoms with van der Waals surface area (Å²) in [6.45, 7) is 1.59. The van der Waals surface area contributed by atoms with Crippen LogP contribution in [0.25, 0.3) is 10.2 Å². The number of aliphatic carboxylic acids is 1. The maximum atomic E-state index is 12.1. The molecule has 0 spiro atoms. The van der Waals surface area contributed by atoms with E-state index in [-0.39, 0.29) is 12.1 Å².